The first kappa shape index (κ1) is 19.9. The van der Waals surface area contributed by atoms with E-state index in [9.17, 15) is 4.79 Å². The Morgan fingerprint density at radius 2 is 1.97 bits per heavy atom. The Morgan fingerprint density at radius 1 is 1.17 bits per heavy atom. The van der Waals surface area contributed by atoms with Gasteiger partial charge < -0.3 is 14.7 Å². The summed E-state index contributed by atoms with van der Waals surface area (Å²) in [7, 11) is 0. The van der Waals surface area contributed by atoms with Crippen molar-refractivity contribution in [3.05, 3.63) is 30.2 Å². The summed E-state index contributed by atoms with van der Waals surface area (Å²) in [4.78, 5) is 21.5. The van der Waals surface area contributed by atoms with Crippen LogP contribution in [0.15, 0.2) is 28.8 Å². The van der Waals surface area contributed by atoms with Crippen molar-refractivity contribution in [1.29, 1.82) is 0 Å². The van der Waals surface area contributed by atoms with Crippen LogP contribution in [0, 0.1) is 0 Å². The van der Waals surface area contributed by atoms with E-state index in [-0.39, 0.29) is 5.91 Å². The molecule has 2 aliphatic rings. The van der Waals surface area contributed by atoms with Crippen molar-refractivity contribution in [2.45, 2.75) is 51.5 Å². The second-order valence-corrected chi connectivity index (χ2v) is 7.98. The van der Waals surface area contributed by atoms with Gasteiger partial charge in [0.15, 0.2) is 0 Å². The van der Waals surface area contributed by atoms with Gasteiger partial charge in [-0.05, 0) is 63.0 Å². The normalized spacial score (nSPS) is 19.8. The van der Waals surface area contributed by atoms with E-state index in [4.69, 9.17) is 4.52 Å². The molecule has 2 aliphatic heterocycles. The van der Waals surface area contributed by atoms with E-state index < -0.39 is 0 Å². The standard InChI is InChI=1S/C22H31N5O2/c1-2-26-15-5-6-19(26)16-23-20(28)11-12-21-24-22(25-29-21)17-7-9-18(10-8-17)27-13-3-4-14-27/h7-10,19H,2-6,11-16H2,1H3,(H,23,28)/t19-/m1/s1. The highest BCUT2D eigenvalue weighted by atomic mass is 16.5. The maximum Gasteiger partial charge on any atom is 0.227 e. The second kappa shape index (κ2) is 9.39. The summed E-state index contributed by atoms with van der Waals surface area (Å²) < 4.78 is 5.35. The van der Waals surface area contributed by atoms with Crippen molar-refractivity contribution >= 4 is 11.6 Å². The molecule has 1 aromatic heterocycles. The molecule has 3 heterocycles. The summed E-state index contributed by atoms with van der Waals surface area (Å²) >= 11 is 0. The van der Waals surface area contributed by atoms with E-state index in [0.717, 1.165) is 44.7 Å². The zero-order chi connectivity index (χ0) is 20.1. The summed E-state index contributed by atoms with van der Waals surface area (Å²) in [5.41, 5.74) is 2.18. The van der Waals surface area contributed by atoms with Crippen molar-refractivity contribution in [3.63, 3.8) is 0 Å². The number of carbonyl (C=O) groups excluding carboxylic acids is 1. The number of aryl methyl sites for hydroxylation is 1. The minimum absolute atomic E-state index is 0.0441. The van der Waals surface area contributed by atoms with Crippen LogP contribution in [-0.2, 0) is 11.2 Å². The SMILES string of the molecule is CCN1CCC[C@@H]1CNC(=O)CCc1nc(-c2ccc(N3CCCC3)cc2)no1. The summed E-state index contributed by atoms with van der Waals surface area (Å²) in [6, 6.07) is 8.79. The number of hydrogen-bond acceptors (Lipinski definition) is 6. The topological polar surface area (TPSA) is 74.5 Å². The molecule has 2 aromatic rings. The largest absolute Gasteiger partial charge is 0.372 e. The first-order valence-corrected chi connectivity index (χ1v) is 10.9. The van der Waals surface area contributed by atoms with E-state index in [1.807, 2.05) is 12.1 Å². The van der Waals surface area contributed by atoms with Crippen LogP contribution in [0.3, 0.4) is 0 Å². The third kappa shape index (κ3) is 4.96. The molecule has 156 valence electrons. The highest BCUT2D eigenvalue weighted by Crippen LogP contribution is 2.24. The van der Waals surface area contributed by atoms with Crippen LogP contribution in [0.5, 0.6) is 0 Å². The van der Waals surface area contributed by atoms with Crippen LogP contribution in [-0.4, -0.2) is 59.7 Å². The third-order valence-electron chi connectivity index (χ3n) is 6.07. The molecular weight excluding hydrogens is 366 g/mol. The highest BCUT2D eigenvalue weighted by molar-refractivity contribution is 5.76. The fraction of sp³-hybridized carbons (Fsp3) is 0.591. The molecule has 1 amide bonds. The number of benzene rings is 1. The number of aromatic nitrogens is 2. The maximum absolute atomic E-state index is 12.2. The smallest absolute Gasteiger partial charge is 0.227 e. The number of likely N-dealkylation sites (N-methyl/N-ethyl adjacent to an activating group) is 1. The van der Waals surface area contributed by atoms with Gasteiger partial charge in [-0.2, -0.15) is 4.98 Å². The molecule has 2 fully saturated rings. The van der Waals surface area contributed by atoms with Crippen LogP contribution in [0.25, 0.3) is 11.4 Å². The number of nitrogens with zero attached hydrogens (tertiary/aromatic N) is 4. The maximum atomic E-state index is 12.2. The zero-order valence-corrected chi connectivity index (χ0v) is 17.3. The Kier molecular flexibility index (Phi) is 6.44. The van der Waals surface area contributed by atoms with Crippen LogP contribution in [0.4, 0.5) is 5.69 Å². The summed E-state index contributed by atoms with van der Waals surface area (Å²) in [6.07, 6.45) is 5.75. The molecule has 7 heteroatoms. The van der Waals surface area contributed by atoms with Crippen molar-refractivity contribution in [3.8, 4) is 11.4 Å². The number of nitrogens with one attached hydrogen (secondary N) is 1. The molecule has 1 N–H and O–H groups in total. The minimum Gasteiger partial charge on any atom is -0.372 e. The first-order chi connectivity index (χ1) is 14.2. The minimum atomic E-state index is 0.0441. The third-order valence-corrected chi connectivity index (χ3v) is 6.07. The number of hydrogen-bond donors (Lipinski definition) is 1. The average Bonchev–Trinajstić information content (AvgIpc) is 3.52. The molecule has 0 aliphatic carbocycles. The molecular formula is C22H31N5O2. The van der Waals surface area contributed by atoms with Gasteiger partial charge >= 0.3 is 0 Å². The molecule has 29 heavy (non-hydrogen) atoms. The highest BCUT2D eigenvalue weighted by Gasteiger charge is 2.23. The molecule has 2 saturated heterocycles. The van der Waals surface area contributed by atoms with Gasteiger partial charge in [0, 0.05) is 49.8 Å². The number of carbonyl (C=O) groups is 1. The Balaban J connectivity index is 1.25. The molecule has 7 nitrogen and oxygen atoms in total. The van der Waals surface area contributed by atoms with Gasteiger partial charge in [-0.15, -0.1) is 0 Å². The molecule has 0 radical (unpaired) electrons. The fourth-order valence-corrected chi connectivity index (χ4v) is 4.35. The zero-order valence-electron chi connectivity index (χ0n) is 17.3. The van der Waals surface area contributed by atoms with Crippen molar-refractivity contribution < 1.29 is 9.32 Å². The number of amides is 1. The van der Waals surface area contributed by atoms with E-state index in [1.165, 1.54) is 24.9 Å². The van der Waals surface area contributed by atoms with E-state index in [1.54, 1.807) is 0 Å². The van der Waals surface area contributed by atoms with Crippen molar-refractivity contribution in [2.24, 2.45) is 0 Å². The van der Waals surface area contributed by atoms with Gasteiger partial charge in [0.05, 0.1) is 0 Å². The van der Waals surface area contributed by atoms with Gasteiger partial charge in [-0.1, -0.05) is 12.1 Å². The predicted molar refractivity (Wildman–Crippen MR) is 113 cm³/mol. The second-order valence-electron chi connectivity index (χ2n) is 7.98. The number of rotatable bonds is 8. The van der Waals surface area contributed by atoms with Gasteiger partial charge in [-0.3, -0.25) is 9.69 Å². The van der Waals surface area contributed by atoms with Gasteiger partial charge in [-0.25, -0.2) is 0 Å². The quantitative estimate of drug-likeness (QED) is 0.738. The predicted octanol–water partition coefficient (Wildman–Crippen LogP) is 2.87. The Bertz CT molecular complexity index is 798. The van der Waals surface area contributed by atoms with Crippen LogP contribution in [0.2, 0.25) is 0 Å². The first-order valence-electron chi connectivity index (χ1n) is 10.9. The van der Waals surface area contributed by atoms with Crippen LogP contribution >= 0.6 is 0 Å². The van der Waals surface area contributed by atoms with Crippen LogP contribution in [0.1, 0.15) is 44.9 Å². The van der Waals surface area contributed by atoms with E-state index in [0.29, 0.717) is 30.6 Å². The summed E-state index contributed by atoms with van der Waals surface area (Å²) in [5, 5.41) is 7.14. The molecule has 4 rings (SSSR count). The fourth-order valence-electron chi connectivity index (χ4n) is 4.35. The molecule has 0 spiro atoms. The lowest BCUT2D eigenvalue weighted by Crippen LogP contribution is -2.40. The average molecular weight is 398 g/mol. The van der Waals surface area contributed by atoms with Crippen molar-refractivity contribution in [1.82, 2.24) is 20.4 Å². The molecule has 0 unspecified atom stereocenters. The van der Waals surface area contributed by atoms with Gasteiger partial charge in [0.1, 0.15) is 0 Å². The molecule has 0 bridgehead atoms. The lowest BCUT2D eigenvalue weighted by Gasteiger charge is -2.22. The number of likely N-dealkylation sites (tertiary alicyclic amines) is 1. The Hall–Kier alpha value is -2.41. The van der Waals surface area contributed by atoms with Crippen LogP contribution < -0.4 is 10.2 Å². The monoisotopic (exact) mass is 397 g/mol. The van der Waals surface area contributed by atoms with E-state index >= 15 is 0 Å². The van der Waals surface area contributed by atoms with Gasteiger partial charge in [0.25, 0.3) is 0 Å². The Labute approximate surface area is 172 Å². The van der Waals surface area contributed by atoms with Gasteiger partial charge in [0.2, 0.25) is 17.6 Å². The molecule has 0 saturated carbocycles. The van der Waals surface area contributed by atoms with E-state index in [2.05, 4.69) is 44.3 Å². The van der Waals surface area contributed by atoms with Crippen molar-refractivity contribution in [2.75, 3.05) is 37.6 Å². The Morgan fingerprint density at radius 3 is 2.72 bits per heavy atom. The lowest BCUT2D eigenvalue weighted by atomic mass is 10.2. The number of anilines is 1. The molecule has 1 atom stereocenters. The summed E-state index contributed by atoms with van der Waals surface area (Å²) in [6.45, 7) is 7.35. The molecule has 1 aromatic carbocycles. The summed E-state index contributed by atoms with van der Waals surface area (Å²) in [5.74, 6) is 1.13. The lowest BCUT2D eigenvalue weighted by molar-refractivity contribution is -0.121.